The van der Waals surface area contributed by atoms with Crippen LogP contribution in [0.15, 0.2) is 11.2 Å². The van der Waals surface area contributed by atoms with Crippen molar-refractivity contribution in [3.8, 4) is 6.07 Å². The molecule has 1 aliphatic rings. The standard InChI is InChI=1S/C21H25N7O2S/c1-12-8-13(2)28-20(23-12)25-21(26-28)31-11-18(29)24-19-17(9-22)14(3)15(4)27(19)10-16-6-5-7-30-16/h8,16H,5-7,10-11H2,1-4H3,(H,24,29)/t16-/m0/s1. The molecule has 31 heavy (non-hydrogen) atoms. The second-order valence-corrected chi connectivity index (χ2v) is 8.72. The van der Waals surface area contributed by atoms with E-state index in [0.717, 1.165) is 42.1 Å². The van der Waals surface area contributed by atoms with Gasteiger partial charge in [-0.3, -0.25) is 4.79 Å². The number of thioether (sulfide) groups is 1. The number of nitrogens with zero attached hydrogens (tertiary/aromatic N) is 6. The van der Waals surface area contributed by atoms with Gasteiger partial charge in [-0.2, -0.15) is 10.2 Å². The van der Waals surface area contributed by atoms with Gasteiger partial charge < -0.3 is 14.6 Å². The van der Waals surface area contributed by atoms with Gasteiger partial charge in [-0.05, 0) is 52.2 Å². The number of aromatic nitrogens is 5. The number of rotatable bonds is 6. The number of carbonyl (C=O) groups excluding carboxylic acids is 1. The van der Waals surface area contributed by atoms with Gasteiger partial charge in [-0.1, -0.05) is 11.8 Å². The average molecular weight is 440 g/mol. The Hall–Kier alpha value is -2.90. The lowest BCUT2D eigenvalue weighted by atomic mass is 10.2. The zero-order chi connectivity index (χ0) is 22.1. The van der Waals surface area contributed by atoms with Gasteiger partial charge in [0.25, 0.3) is 5.78 Å². The van der Waals surface area contributed by atoms with E-state index in [1.165, 1.54) is 11.8 Å². The van der Waals surface area contributed by atoms with E-state index in [9.17, 15) is 10.1 Å². The third-order valence-electron chi connectivity index (χ3n) is 5.54. The molecule has 1 N–H and O–H groups in total. The summed E-state index contributed by atoms with van der Waals surface area (Å²) in [5, 5.41) is 17.5. The van der Waals surface area contributed by atoms with Gasteiger partial charge in [0.1, 0.15) is 11.9 Å². The highest BCUT2D eigenvalue weighted by atomic mass is 32.2. The van der Waals surface area contributed by atoms with E-state index in [4.69, 9.17) is 4.74 Å². The number of anilines is 1. The summed E-state index contributed by atoms with van der Waals surface area (Å²) in [7, 11) is 0. The van der Waals surface area contributed by atoms with Crippen molar-refractivity contribution >= 4 is 29.3 Å². The van der Waals surface area contributed by atoms with Crippen molar-refractivity contribution in [2.24, 2.45) is 0 Å². The number of amides is 1. The molecule has 0 aliphatic carbocycles. The van der Waals surface area contributed by atoms with Crippen LogP contribution in [0.1, 0.15) is 41.1 Å². The van der Waals surface area contributed by atoms with Gasteiger partial charge in [0.2, 0.25) is 11.1 Å². The van der Waals surface area contributed by atoms with Crippen LogP contribution in [0.2, 0.25) is 0 Å². The lowest BCUT2D eigenvalue weighted by Gasteiger charge is -2.16. The van der Waals surface area contributed by atoms with Crippen LogP contribution in [-0.4, -0.2) is 48.5 Å². The highest BCUT2D eigenvalue weighted by Gasteiger charge is 2.24. The minimum Gasteiger partial charge on any atom is -0.376 e. The van der Waals surface area contributed by atoms with Crippen molar-refractivity contribution in [1.82, 2.24) is 24.1 Å². The Morgan fingerprint density at radius 1 is 1.35 bits per heavy atom. The lowest BCUT2D eigenvalue weighted by Crippen LogP contribution is -2.22. The van der Waals surface area contributed by atoms with Gasteiger partial charge in [0, 0.05) is 23.7 Å². The van der Waals surface area contributed by atoms with E-state index < -0.39 is 0 Å². The topological polar surface area (TPSA) is 110 Å². The maximum atomic E-state index is 12.7. The Morgan fingerprint density at radius 3 is 2.87 bits per heavy atom. The SMILES string of the molecule is Cc1cc(C)n2nc(SCC(=O)Nc3c(C#N)c(C)c(C)n3C[C@@H]3CCCO3)nc2n1. The minimum absolute atomic E-state index is 0.100. The maximum Gasteiger partial charge on any atom is 0.253 e. The Labute approximate surface area is 184 Å². The van der Waals surface area contributed by atoms with E-state index in [2.05, 4.69) is 26.5 Å². The van der Waals surface area contributed by atoms with Gasteiger partial charge >= 0.3 is 0 Å². The molecule has 3 aromatic heterocycles. The molecular weight excluding hydrogens is 414 g/mol. The fraction of sp³-hybridized carbons (Fsp3) is 0.476. The number of nitriles is 1. The Balaban J connectivity index is 1.50. The summed E-state index contributed by atoms with van der Waals surface area (Å²) in [4.78, 5) is 21.5. The summed E-state index contributed by atoms with van der Waals surface area (Å²) in [5.41, 5.74) is 4.14. The first-order valence-corrected chi connectivity index (χ1v) is 11.2. The third-order valence-corrected chi connectivity index (χ3v) is 6.38. The van der Waals surface area contributed by atoms with Crippen LogP contribution in [0.5, 0.6) is 0 Å². The fourth-order valence-electron chi connectivity index (χ4n) is 3.86. The molecule has 1 saturated heterocycles. The van der Waals surface area contributed by atoms with Crippen molar-refractivity contribution in [2.45, 2.75) is 58.3 Å². The molecule has 3 aromatic rings. The molecule has 0 spiro atoms. The van der Waals surface area contributed by atoms with Crippen LogP contribution in [-0.2, 0) is 16.1 Å². The predicted molar refractivity (Wildman–Crippen MR) is 117 cm³/mol. The predicted octanol–water partition coefficient (Wildman–Crippen LogP) is 2.94. The number of hydrogen-bond donors (Lipinski definition) is 1. The minimum atomic E-state index is -0.215. The maximum absolute atomic E-state index is 12.7. The highest BCUT2D eigenvalue weighted by Crippen LogP contribution is 2.28. The number of aryl methyl sites for hydroxylation is 2. The molecule has 0 bridgehead atoms. The van der Waals surface area contributed by atoms with E-state index >= 15 is 0 Å². The first-order valence-electron chi connectivity index (χ1n) is 10.2. The van der Waals surface area contributed by atoms with Crippen LogP contribution in [0.3, 0.4) is 0 Å². The van der Waals surface area contributed by atoms with Crippen molar-refractivity contribution in [1.29, 1.82) is 5.26 Å². The van der Waals surface area contributed by atoms with Gasteiger partial charge in [0.05, 0.1) is 24.0 Å². The summed E-state index contributed by atoms with van der Waals surface area (Å²) in [6, 6.07) is 4.17. The van der Waals surface area contributed by atoms with Crippen molar-refractivity contribution in [3.05, 3.63) is 34.3 Å². The molecule has 1 fully saturated rings. The van der Waals surface area contributed by atoms with E-state index in [1.807, 2.05) is 38.3 Å². The lowest BCUT2D eigenvalue weighted by molar-refractivity contribution is -0.113. The zero-order valence-electron chi connectivity index (χ0n) is 18.1. The quantitative estimate of drug-likeness (QED) is 0.588. The molecule has 162 valence electrons. The molecule has 0 saturated carbocycles. The van der Waals surface area contributed by atoms with E-state index in [1.54, 1.807) is 4.52 Å². The normalized spacial score (nSPS) is 16.0. The molecule has 0 radical (unpaired) electrons. The number of carbonyl (C=O) groups is 1. The second-order valence-electron chi connectivity index (χ2n) is 7.77. The first-order chi connectivity index (χ1) is 14.9. The van der Waals surface area contributed by atoms with Crippen molar-refractivity contribution in [2.75, 3.05) is 17.7 Å². The van der Waals surface area contributed by atoms with E-state index in [-0.39, 0.29) is 17.8 Å². The van der Waals surface area contributed by atoms with Gasteiger partial charge in [0.15, 0.2) is 0 Å². The molecule has 0 aromatic carbocycles. The Bertz CT molecular complexity index is 1180. The first kappa shape index (κ1) is 21.3. The summed E-state index contributed by atoms with van der Waals surface area (Å²) >= 11 is 1.24. The largest absolute Gasteiger partial charge is 0.376 e. The number of hydrogen-bond acceptors (Lipinski definition) is 7. The summed E-state index contributed by atoms with van der Waals surface area (Å²) < 4.78 is 9.42. The van der Waals surface area contributed by atoms with Crippen LogP contribution in [0, 0.1) is 39.0 Å². The van der Waals surface area contributed by atoms with Crippen LogP contribution >= 0.6 is 11.8 Å². The average Bonchev–Trinajstić information content (AvgIpc) is 3.43. The number of ether oxygens (including phenoxy) is 1. The second kappa shape index (κ2) is 8.69. The molecule has 9 nitrogen and oxygen atoms in total. The fourth-order valence-corrected chi connectivity index (χ4v) is 4.48. The molecule has 1 atom stereocenters. The van der Waals surface area contributed by atoms with Crippen LogP contribution in [0.25, 0.3) is 5.78 Å². The molecule has 0 unspecified atom stereocenters. The van der Waals surface area contributed by atoms with Gasteiger partial charge in [-0.25, -0.2) is 9.50 Å². The number of fused-ring (bicyclic) bond motifs is 1. The van der Waals surface area contributed by atoms with Crippen molar-refractivity contribution in [3.63, 3.8) is 0 Å². The third kappa shape index (κ3) is 4.29. The molecule has 10 heteroatoms. The van der Waals surface area contributed by atoms with Crippen molar-refractivity contribution < 1.29 is 9.53 Å². The monoisotopic (exact) mass is 439 g/mol. The van der Waals surface area contributed by atoms with Gasteiger partial charge in [-0.15, -0.1) is 5.10 Å². The zero-order valence-corrected chi connectivity index (χ0v) is 18.9. The molecule has 4 heterocycles. The molecule has 1 aliphatic heterocycles. The molecular formula is C21H25N7O2S. The Morgan fingerprint density at radius 2 is 2.16 bits per heavy atom. The highest BCUT2D eigenvalue weighted by molar-refractivity contribution is 7.99. The molecule has 1 amide bonds. The van der Waals surface area contributed by atoms with E-state index in [0.29, 0.717) is 28.9 Å². The molecule has 4 rings (SSSR count). The summed E-state index contributed by atoms with van der Waals surface area (Å²) in [6.07, 6.45) is 2.12. The summed E-state index contributed by atoms with van der Waals surface area (Å²) in [6.45, 7) is 9.09. The summed E-state index contributed by atoms with van der Waals surface area (Å²) in [5.74, 6) is 0.967. The van der Waals surface area contributed by atoms with Crippen LogP contribution < -0.4 is 5.32 Å². The van der Waals surface area contributed by atoms with Crippen LogP contribution in [0.4, 0.5) is 5.82 Å². The Kier molecular flexibility index (Phi) is 5.98. The smallest absolute Gasteiger partial charge is 0.253 e. The number of nitrogens with one attached hydrogen (secondary N) is 1.